The lowest BCUT2D eigenvalue weighted by molar-refractivity contribution is -0.344. The molecule has 0 atom stereocenters. The Morgan fingerprint density at radius 2 is 1.90 bits per heavy atom. The average Bonchev–Trinajstić information content (AvgIpc) is 3.12. The van der Waals surface area contributed by atoms with Crippen LogP contribution in [0.15, 0.2) is 36.5 Å². The maximum atomic E-state index is 5.45. The lowest BCUT2D eigenvalue weighted by Crippen LogP contribution is -2.25. The molecule has 2 aromatic carbocycles. The van der Waals surface area contributed by atoms with Gasteiger partial charge in [-0.1, -0.05) is 13.8 Å². The minimum Gasteiger partial charge on any atom is -0.497 e. The number of aromatic nitrogens is 2. The van der Waals surface area contributed by atoms with Crippen LogP contribution in [0, 0.1) is 6.92 Å². The fraction of sp³-hybridized carbons (Fsp3) is 0.375. The number of ether oxygens (including phenoxy) is 1. The number of rotatable bonds is 8. The van der Waals surface area contributed by atoms with Gasteiger partial charge in [0, 0.05) is 34.5 Å². The van der Waals surface area contributed by atoms with Crippen molar-refractivity contribution in [2.45, 2.75) is 27.2 Å². The van der Waals surface area contributed by atoms with Crippen molar-refractivity contribution in [2.75, 3.05) is 38.6 Å². The van der Waals surface area contributed by atoms with Gasteiger partial charge < -0.3 is 19.9 Å². The van der Waals surface area contributed by atoms with Gasteiger partial charge in [0.15, 0.2) is 6.20 Å². The second kappa shape index (κ2) is 8.29. The fourth-order valence-corrected chi connectivity index (χ4v) is 4.22. The summed E-state index contributed by atoms with van der Waals surface area (Å²) in [6, 6.07) is 10.6. The van der Waals surface area contributed by atoms with Crippen LogP contribution in [-0.4, -0.2) is 43.2 Å². The largest absolute Gasteiger partial charge is 0.497 e. The van der Waals surface area contributed by atoms with E-state index >= 15 is 0 Å². The van der Waals surface area contributed by atoms with Crippen molar-refractivity contribution in [1.82, 2.24) is 9.88 Å². The minimum atomic E-state index is 0.880. The molecule has 5 nitrogen and oxygen atoms in total. The van der Waals surface area contributed by atoms with Gasteiger partial charge in [0.25, 0.3) is 0 Å². The topological polar surface area (TPSA) is 54.4 Å². The lowest BCUT2D eigenvalue weighted by atomic mass is 10.0. The Bertz CT molecular complexity index is 1140. The average molecular weight is 392 g/mol. The Hall–Kier alpha value is -2.79. The summed E-state index contributed by atoms with van der Waals surface area (Å²) in [4.78, 5) is 9.50. The van der Waals surface area contributed by atoms with E-state index in [0.717, 1.165) is 43.9 Å². The number of H-pyrrole nitrogens is 2. The predicted octanol–water partition coefficient (Wildman–Crippen LogP) is 4.75. The summed E-state index contributed by atoms with van der Waals surface area (Å²) in [5.74, 6) is 0.880. The van der Waals surface area contributed by atoms with Gasteiger partial charge in [0.2, 0.25) is 5.52 Å². The van der Waals surface area contributed by atoms with Crippen molar-refractivity contribution >= 4 is 38.4 Å². The molecule has 0 spiro atoms. The number of aryl methyl sites for hydroxylation is 1. The lowest BCUT2D eigenvalue weighted by Gasteiger charge is -2.18. The summed E-state index contributed by atoms with van der Waals surface area (Å²) in [5.41, 5.74) is 5.90. The molecule has 0 fully saturated rings. The zero-order valence-corrected chi connectivity index (χ0v) is 17.9. The molecule has 3 N–H and O–H groups in total. The zero-order valence-electron chi connectivity index (χ0n) is 17.9. The molecule has 0 aliphatic rings. The molecule has 4 aromatic rings. The summed E-state index contributed by atoms with van der Waals surface area (Å²) < 4.78 is 5.45. The van der Waals surface area contributed by atoms with Gasteiger partial charge >= 0.3 is 0 Å². The van der Waals surface area contributed by atoms with E-state index in [2.05, 4.69) is 65.2 Å². The Morgan fingerprint density at radius 3 is 2.66 bits per heavy atom. The number of nitrogens with zero attached hydrogens (tertiary/aromatic N) is 1. The van der Waals surface area contributed by atoms with E-state index in [1.807, 2.05) is 12.3 Å². The minimum absolute atomic E-state index is 0.880. The third-order valence-electron chi connectivity index (χ3n) is 5.98. The van der Waals surface area contributed by atoms with E-state index in [4.69, 9.17) is 4.74 Å². The molecule has 0 amide bonds. The molecular formula is C24H31N4O+. The summed E-state index contributed by atoms with van der Waals surface area (Å²) in [7, 11) is 1.71. The number of anilines is 1. The zero-order chi connectivity index (χ0) is 20.4. The quantitative estimate of drug-likeness (QED) is 0.426. The molecule has 0 saturated carbocycles. The Kier molecular flexibility index (Phi) is 5.58. The standard InChI is InChI=1S/C24H30N4O/c1-5-28(6-2)13-7-11-25-21-10-12-26-23-16(3)24-19(15-20(21)23)18-14-17(29-4)8-9-22(18)27-24/h8-10,12,14-15,27H,5-7,11,13H2,1-4H3,(H,25,26)/p+1. The highest BCUT2D eigenvalue weighted by atomic mass is 16.5. The van der Waals surface area contributed by atoms with Crippen LogP contribution in [0.1, 0.15) is 25.8 Å². The highest BCUT2D eigenvalue weighted by Gasteiger charge is 2.16. The van der Waals surface area contributed by atoms with E-state index in [1.54, 1.807) is 7.11 Å². The van der Waals surface area contributed by atoms with Gasteiger partial charge in [-0.15, -0.1) is 0 Å². The van der Waals surface area contributed by atoms with E-state index < -0.39 is 0 Å². The first-order valence-electron chi connectivity index (χ1n) is 10.6. The highest BCUT2D eigenvalue weighted by Crippen LogP contribution is 2.35. The second-order valence-corrected chi connectivity index (χ2v) is 7.58. The fourth-order valence-electron chi connectivity index (χ4n) is 4.22. The first kappa shape index (κ1) is 19.5. The maximum absolute atomic E-state index is 5.45. The second-order valence-electron chi connectivity index (χ2n) is 7.58. The molecule has 4 rings (SSSR count). The molecule has 29 heavy (non-hydrogen) atoms. The smallest absolute Gasteiger partial charge is 0.217 e. The van der Waals surface area contributed by atoms with Crippen LogP contribution in [0.3, 0.4) is 0 Å². The van der Waals surface area contributed by atoms with E-state index in [0.29, 0.717) is 0 Å². The van der Waals surface area contributed by atoms with Crippen molar-refractivity contribution in [3.8, 4) is 5.75 Å². The van der Waals surface area contributed by atoms with Gasteiger partial charge in [-0.3, -0.25) is 0 Å². The molecule has 0 saturated heterocycles. The van der Waals surface area contributed by atoms with Crippen LogP contribution in [0.4, 0.5) is 5.69 Å². The molecule has 2 aromatic heterocycles. The van der Waals surface area contributed by atoms with Gasteiger partial charge in [0.1, 0.15) is 5.75 Å². The van der Waals surface area contributed by atoms with Crippen LogP contribution in [-0.2, 0) is 0 Å². The number of methoxy groups -OCH3 is 1. The molecular weight excluding hydrogens is 360 g/mol. The van der Waals surface area contributed by atoms with Gasteiger partial charge in [-0.25, -0.2) is 4.98 Å². The predicted molar refractivity (Wildman–Crippen MR) is 122 cm³/mol. The van der Waals surface area contributed by atoms with Crippen molar-refractivity contribution in [3.05, 3.63) is 42.1 Å². The number of fused-ring (bicyclic) bond motifs is 4. The number of nitrogens with one attached hydrogen (secondary N) is 3. The number of hydrogen-bond donors (Lipinski definition) is 2. The van der Waals surface area contributed by atoms with Crippen LogP contribution in [0.5, 0.6) is 5.75 Å². The molecule has 0 radical (unpaired) electrons. The number of pyridine rings is 1. The van der Waals surface area contributed by atoms with Gasteiger partial charge in [-0.05, 0) is 57.2 Å². The first-order valence-corrected chi connectivity index (χ1v) is 10.6. The normalized spacial score (nSPS) is 11.8. The molecule has 0 aliphatic heterocycles. The van der Waals surface area contributed by atoms with Crippen molar-refractivity contribution in [1.29, 1.82) is 0 Å². The Balaban J connectivity index is 1.72. The third kappa shape index (κ3) is 3.62. The number of aromatic amines is 2. The van der Waals surface area contributed by atoms with Crippen molar-refractivity contribution in [2.24, 2.45) is 0 Å². The van der Waals surface area contributed by atoms with Crippen molar-refractivity contribution < 1.29 is 9.72 Å². The van der Waals surface area contributed by atoms with Crippen LogP contribution in [0.25, 0.3) is 32.7 Å². The molecule has 2 heterocycles. The summed E-state index contributed by atoms with van der Waals surface area (Å²) in [6.07, 6.45) is 3.16. The number of hydrogen-bond acceptors (Lipinski definition) is 3. The Morgan fingerprint density at radius 1 is 1.07 bits per heavy atom. The molecule has 0 unspecified atom stereocenters. The third-order valence-corrected chi connectivity index (χ3v) is 5.98. The van der Waals surface area contributed by atoms with Crippen LogP contribution in [0.2, 0.25) is 0 Å². The van der Waals surface area contributed by atoms with Crippen LogP contribution >= 0.6 is 0 Å². The summed E-state index contributed by atoms with van der Waals surface area (Å²) in [5, 5.41) is 7.32. The van der Waals surface area contributed by atoms with E-state index in [-0.39, 0.29) is 0 Å². The molecule has 152 valence electrons. The summed E-state index contributed by atoms with van der Waals surface area (Å²) >= 11 is 0. The highest BCUT2D eigenvalue weighted by molar-refractivity contribution is 6.14. The van der Waals surface area contributed by atoms with Gasteiger partial charge in [0.05, 0.1) is 23.7 Å². The van der Waals surface area contributed by atoms with Crippen LogP contribution < -0.4 is 15.0 Å². The van der Waals surface area contributed by atoms with Crippen molar-refractivity contribution in [3.63, 3.8) is 0 Å². The molecule has 0 aliphatic carbocycles. The first-order chi connectivity index (χ1) is 14.2. The summed E-state index contributed by atoms with van der Waals surface area (Å²) in [6.45, 7) is 10.9. The van der Waals surface area contributed by atoms with Gasteiger partial charge in [-0.2, -0.15) is 0 Å². The molecule has 0 bridgehead atoms. The molecule has 5 heteroatoms. The SMILES string of the molecule is CCN(CC)CCCNc1cc[nH+]c2c(C)c3[nH]c4ccc(OC)cc4c3cc12. The monoisotopic (exact) mass is 391 g/mol. The Labute approximate surface area is 172 Å². The maximum Gasteiger partial charge on any atom is 0.217 e. The van der Waals surface area contributed by atoms with E-state index in [9.17, 15) is 0 Å². The van der Waals surface area contributed by atoms with E-state index in [1.165, 1.54) is 38.4 Å². The number of benzene rings is 2.